The first-order valence-electron chi connectivity index (χ1n) is 6.73. The summed E-state index contributed by atoms with van der Waals surface area (Å²) in [6, 6.07) is 3.66. The molecule has 1 unspecified atom stereocenters. The number of benzene rings is 1. The van der Waals surface area contributed by atoms with Crippen LogP contribution < -0.4 is 10.5 Å². The Morgan fingerprint density at radius 3 is 2.67 bits per heavy atom. The van der Waals surface area contributed by atoms with E-state index < -0.39 is 15.8 Å². The lowest BCUT2D eigenvalue weighted by Crippen LogP contribution is -2.35. The van der Waals surface area contributed by atoms with Crippen molar-refractivity contribution in [3.63, 3.8) is 0 Å². The summed E-state index contributed by atoms with van der Waals surface area (Å²) in [4.78, 5) is -0.458. The van der Waals surface area contributed by atoms with Crippen molar-refractivity contribution in [3.8, 4) is 0 Å². The Morgan fingerprint density at radius 1 is 1.48 bits per heavy atom. The third-order valence-electron chi connectivity index (χ3n) is 3.80. The van der Waals surface area contributed by atoms with Crippen molar-refractivity contribution in [1.29, 1.82) is 0 Å². The zero-order valence-electron chi connectivity index (χ0n) is 12.0. The standard InChI is InChI=1S/C14H19FN2O2S2/c1-14(2)7-6-9(8-14)17-21(18,19)11-5-3-4-10(15)12(11)13(16)20/h3-5,9,17H,6-8H2,1-2H3,(H2,16,20). The molecule has 0 aliphatic heterocycles. The molecule has 1 fully saturated rings. The Morgan fingerprint density at radius 2 is 2.14 bits per heavy atom. The molecule has 1 atom stereocenters. The number of nitrogens with two attached hydrogens (primary N) is 1. The molecule has 0 spiro atoms. The van der Waals surface area contributed by atoms with E-state index in [1.165, 1.54) is 12.1 Å². The van der Waals surface area contributed by atoms with Gasteiger partial charge in [0, 0.05) is 6.04 Å². The Labute approximate surface area is 130 Å². The van der Waals surface area contributed by atoms with Gasteiger partial charge < -0.3 is 5.73 Å². The fourth-order valence-corrected chi connectivity index (χ4v) is 4.56. The minimum absolute atomic E-state index is 0.112. The molecule has 3 N–H and O–H groups in total. The van der Waals surface area contributed by atoms with Crippen LogP contribution in [0, 0.1) is 11.2 Å². The summed E-state index contributed by atoms with van der Waals surface area (Å²) in [6.45, 7) is 4.20. The highest BCUT2D eigenvalue weighted by Crippen LogP contribution is 2.37. The van der Waals surface area contributed by atoms with Crippen molar-refractivity contribution >= 4 is 27.2 Å². The predicted octanol–water partition coefficient (Wildman–Crippen LogP) is 2.32. The highest BCUT2D eigenvalue weighted by Gasteiger charge is 2.34. The second-order valence-electron chi connectivity index (χ2n) is 6.20. The second-order valence-corrected chi connectivity index (χ2v) is 8.32. The van der Waals surface area contributed by atoms with Crippen molar-refractivity contribution in [3.05, 3.63) is 29.6 Å². The van der Waals surface area contributed by atoms with Gasteiger partial charge in [0.15, 0.2) is 0 Å². The SMILES string of the molecule is CC1(C)CCC(NS(=O)(=O)c2cccc(F)c2C(N)=S)C1. The Kier molecular flexibility index (Phi) is 4.37. The van der Waals surface area contributed by atoms with E-state index in [0.717, 1.165) is 25.3 Å². The average molecular weight is 330 g/mol. The van der Waals surface area contributed by atoms with Gasteiger partial charge in [-0.1, -0.05) is 32.1 Å². The number of halogens is 1. The van der Waals surface area contributed by atoms with Crippen LogP contribution in [0.4, 0.5) is 4.39 Å². The molecule has 1 aromatic rings. The molecule has 2 rings (SSSR count). The van der Waals surface area contributed by atoms with Crippen LogP contribution in [0.2, 0.25) is 0 Å². The number of rotatable bonds is 4. The Hall–Kier alpha value is -1.05. The van der Waals surface area contributed by atoms with Gasteiger partial charge in [-0.3, -0.25) is 0 Å². The predicted molar refractivity (Wildman–Crippen MR) is 84.0 cm³/mol. The van der Waals surface area contributed by atoms with Gasteiger partial charge in [-0.2, -0.15) is 0 Å². The first kappa shape index (κ1) is 16.3. The first-order valence-corrected chi connectivity index (χ1v) is 8.62. The molecule has 1 aromatic carbocycles. The van der Waals surface area contributed by atoms with Gasteiger partial charge in [-0.15, -0.1) is 0 Å². The zero-order valence-corrected chi connectivity index (χ0v) is 13.7. The molecule has 4 nitrogen and oxygen atoms in total. The number of sulfonamides is 1. The van der Waals surface area contributed by atoms with Gasteiger partial charge in [-0.25, -0.2) is 17.5 Å². The fourth-order valence-electron chi connectivity index (χ4n) is 2.79. The average Bonchev–Trinajstić information content (AvgIpc) is 2.67. The molecule has 1 saturated carbocycles. The topological polar surface area (TPSA) is 72.2 Å². The molecule has 1 aliphatic rings. The second kappa shape index (κ2) is 5.62. The number of hydrogen-bond acceptors (Lipinski definition) is 3. The molecule has 1 aliphatic carbocycles. The maximum absolute atomic E-state index is 13.8. The van der Waals surface area contributed by atoms with Crippen LogP contribution in [-0.4, -0.2) is 19.4 Å². The molecule has 21 heavy (non-hydrogen) atoms. The summed E-state index contributed by atoms with van der Waals surface area (Å²) in [5.41, 5.74) is 5.35. The molecular weight excluding hydrogens is 311 g/mol. The third kappa shape index (κ3) is 3.59. The van der Waals surface area contributed by atoms with Crippen LogP contribution in [-0.2, 0) is 10.0 Å². The molecular formula is C14H19FN2O2S2. The van der Waals surface area contributed by atoms with Gasteiger partial charge in [0.25, 0.3) is 0 Å². The van der Waals surface area contributed by atoms with E-state index in [9.17, 15) is 12.8 Å². The van der Waals surface area contributed by atoms with E-state index in [-0.39, 0.29) is 26.9 Å². The fraction of sp³-hybridized carbons (Fsp3) is 0.500. The smallest absolute Gasteiger partial charge is 0.241 e. The molecule has 116 valence electrons. The van der Waals surface area contributed by atoms with Crippen molar-refractivity contribution in [2.24, 2.45) is 11.1 Å². The molecule has 7 heteroatoms. The van der Waals surface area contributed by atoms with Crippen LogP contribution in [0.3, 0.4) is 0 Å². The molecule has 0 bridgehead atoms. The lowest BCUT2D eigenvalue weighted by Gasteiger charge is -2.18. The van der Waals surface area contributed by atoms with Crippen molar-refractivity contribution in [1.82, 2.24) is 4.72 Å². The summed E-state index contributed by atoms with van der Waals surface area (Å²) < 4.78 is 41.4. The monoisotopic (exact) mass is 330 g/mol. The van der Waals surface area contributed by atoms with Crippen molar-refractivity contribution in [2.45, 2.75) is 44.0 Å². The Balaban J connectivity index is 2.33. The quantitative estimate of drug-likeness (QED) is 0.831. The van der Waals surface area contributed by atoms with E-state index in [0.29, 0.717) is 0 Å². The van der Waals surface area contributed by atoms with E-state index >= 15 is 0 Å². The van der Waals surface area contributed by atoms with Gasteiger partial charge in [0.05, 0.1) is 10.5 Å². The van der Waals surface area contributed by atoms with Crippen molar-refractivity contribution < 1.29 is 12.8 Å². The molecule has 0 radical (unpaired) electrons. The van der Waals surface area contributed by atoms with Crippen LogP contribution in [0.5, 0.6) is 0 Å². The maximum Gasteiger partial charge on any atom is 0.241 e. The van der Waals surface area contributed by atoms with Gasteiger partial charge in [0.1, 0.15) is 10.8 Å². The van der Waals surface area contributed by atoms with E-state index in [2.05, 4.69) is 18.6 Å². The van der Waals surface area contributed by atoms with Gasteiger partial charge >= 0.3 is 0 Å². The molecule has 0 heterocycles. The zero-order chi connectivity index (χ0) is 15.8. The minimum Gasteiger partial charge on any atom is -0.389 e. The first-order chi connectivity index (χ1) is 9.62. The van der Waals surface area contributed by atoms with Crippen LogP contribution in [0.25, 0.3) is 0 Å². The summed E-state index contributed by atoms with van der Waals surface area (Å²) in [6.07, 6.45) is 2.47. The lowest BCUT2D eigenvalue weighted by molar-refractivity contribution is 0.372. The summed E-state index contributed by atoms with van der Waals surface area (Å²) in [7, 11) is -3.85. The van der Waals surface area contributed by atoms with Crippen molar-refractivity contribution in [2.75, 3.05) is 0 Å². The minimum atomic E-state index is -3.85. The van der Waals surface area contributed by atoms with Gasteiger partial charge in [0.2, 0.25) is 10.0 Å². The molecule has 0 saturated heterocycles. The van der Waals surface area contributed by atoms with Crippen LogP contribution >= 0.6 is 12.2 Å². The normalized spacial score (nSPS) is 21.4. The third-order valence-corrected chi connectivity index (χ3v) is 5.57. The van der Waals surface area contributed by atoms with Crippen LogP contribution in [0.15, 0.2) is 23.1 Å². The molecule has 0 amide bonds. The maximum atomic E-state index is 13.8. The largest absolute Gasteiger partial charge is 0.389 e. The highest BCUT2D eigenvalue weighted by atomic mass is 32.2. The summed E-state index contributed by atoms with van der Waals surface area (Å²) in [5.74, 6) is -0.725. The lowest BCUT2D eigenvalue weighted by atomic mass is 9.92. The number of hydrogen-bond donors (Lipinski definition) is 2. The van der Waals surface area contributed by atoms with E-state index in [1.807, 2.05) is 0 Å². The van der Waals surface area contributed by atoms with Gasteiger partial charge in [-0.05, 0) is 36.8 Å². The molecule has 0 aromatic heterocycles. The van der Waals surface area contributed by atoms with E-state index in [1.54, 1.807) is 0 Å². The van der Waals surface area contributed by atoms with E-state index in [4.69, 9.17) is 18.0 Å². The number of nitrogens with one attached hydrogen (secondary N) is 1. The van der Waals surface area contributed by atoms with Crippen LogP contribution in [0.1, 0.15) is 38.7 Å². The summed E-state index contributed by atoms with van der Waals surface area (Å²) in [5, 5.41) is 0. The summed E-state index contributed by atoms with van der Waals surface area (Å²) >= 11 is 4.77. The highest BCUT2D eigenvalue weighted by molar-refractivity contribution is 7.89. The number of thiocarbonyl (C=S) groups is 1. The Bertz CT molecular complexity index is 672.